The normalized spacial score (nSPS) is 11.0. The molecule has 3 rings (SSSR count). The average molecular weight is 358 g/mol. The molecular formula is C17H18N4OS2. The smallest absolute Gasteiger partial charge is 0.230 e. The number of nitrogens with one attached hydrogen (secondary N) is 1. The van der Waals surface area contributed by atoms with E-state index in [0.29, 0.717) is 12.3 Å². The number of fused-ring (bicyclic) bond motifs is 1. The van der Waals surface area contributed by atoms with Crippen LogP contribution in [0, 0.1) is 20.8 Å². The van der Waals surface area contributed by atoms with E-state index in [1.807, 2.05) is 19.1 Å². The summed E-state index contributed by atoms with van der Waals surface area (Å²) in [5.74, 6) is 1.06. The van der Waals surface area contributed by atoms with Crippen molar-refractivity contribution >= 4 is 39.2 Å². The minimum Gasteiger partial charge on any atom is -0.351 e. The van der Waals surface area contributed by atoms with Gasteiger partial charge in [0.15, 0.2) is 0 Å². The monoisotopic (exact) mass is 358 g/mol. The van der Waals surface area contributed by atoms with Crippen molar-refractivity contribution in [3.8, 4) is 0 Å². The number of thioether (sulfide) groups is 1. The van der Waals surface area contributed by atoms with Gasteiger partial charge < -0.3 is 5.32 Å². The third-order valence-corrected chi connectivity index (χ3v) is 5.74. The molecule has 5 nitrogen and oxygen atoms in total. The zero-order chi connectivity index (χ0) is 17.1. The van der Waals surface area contributed by atoms with Gasteiger partial charge in [-0.05, 0) is 38.0 Å². The molecule has 0 aliphatic rings. The summed E-state index contributed by atoms with van der Waals surface area (Å²) in [7, 11) is 0. The third-order valence-electron chi connectivity index (χ3n) is 3.66. The van der Waals surface area contributed by atoms with Gasteiger partial charge in [-0.3, -0.25) is 9.78 Å². The van der Waals surface area contributed by atoms with Crippen LogP contribution in [0.3, 0.4) is 0 Å². The molecule has 0 radical (unpaired) electrons. The highest BCUT2D eigenvalue weighted by Gasteiger charge is 2.15. The first-order valence-electron chi connectivity index (χ1n) is 7.57. The maximum atomic E-state index is 12.1. The van der Waals surface area contributed by atoms with Gasteiger partial charge in [0.1, 0.15) is 15.7 Å². The molecule has 0 unspecified atom stereocenters. The summed E-state index contributed by atoms with van der Waals surface area (Å²) in [4.78, 5) is 27.4. The van der Waals surface area contributed by atoms with E-state index in [1.165, 1.54) is 22.2 Å². The summed E-state index contributed by atoms with van der Waals surface area (Å²) in [5, 5.41) is 4.87. The molecular weight excluding hydrogens is 340 g/mol. The summed E-state index contributed by atoms with van der Waals surface area (Å²) in [6.07, 6.45) is 3.47. The lowest BCUT2D eigenvalue weighted by Crippen LogP contribution is -2.24. The summed E-state index contributed by atoms with van der Waals surface area (Å²) in [6, 6.07) is 3.80. The predicted molar refractivity (Wildman–Crippen MR) is 98.4 cm³/mol. The molecule has 0 bridgehead atoms. The molecule has 0 aliphatic carbocycles. The summed E-state index contributed by atoms with van der Waals surface area (Å²) in [6.45, 7) is 6.55. The van der Waals surface area contributed by atoms with Crippen molar-refractivity contribution < 1.29 is 4.79 Å². The third kappa shape index (κ3) is 3.73. The van der Waals surface area contributed by atoms with Gasteiger partial charge in [-0.25, -0.2) is 9.97 Å². The van der Waals surface area contributed by atoms with E-state index < -0.39 is 0 Å². The Balaban J connectivity index is 1.68. The van der Waals surface area contributed by atoms with E-state index in [2.05, 4.69) is 34.1 Å². The first-order chi connectivity index (χ1) is 11.5. The number of hydrogen-bond acceptors (Lipinski definition) is 6. The number of carbonyl (C=O) groups is 1. The van der Waals surface area contributed by atoms with E-state index >= 15 is 0 Å². The summed E-state index contributed by atoms with van der Waals surface area (Å²) >= 11 is 3.14. The van der Waals surface area contributed by atoms with Crippen LogP contribution in [0.15, 0.2) is 29.6 Å². The number of amides is 1. The Morgan fingerprint density at radius 3 is 2.88 bits per heavy atom. The minimum atomic E-state index is -0.0159. The molecule has 24 heavy (non-hydrogen) atoms. The second-order valence-corrected chi connectivity index (χ2v) is 7.63. The molecule has 0 atom stereocenters. The lowest BCUT2D eigenvalue weighted by Gasteiger charge is -2.06. The highest BCUT2D eigenvalue weighted by atomic mass is 32.2. The zero-order valence-corrected chi connectivity index (χ0v) is 15.4. The van der Waals surface area contributed by atoms with Crippen LogP contribution in [0.25, 0.3) is 10.2 Å². The van der Waals surface area contributed by atoms with Gasteiger partial charge in [0.25, 0.3) is 0 Å². The second kappa shape index (κ2) is 7.27. The minimum absolute atomic E-state index is 0.0159. The Labute approximate surface area is 148 Å². The first-order valence-corrected chi connectivity index (χ1v) is 9.37. The fraction of sp³-hybridized carbons (Fsp3) is 0.294. The molecule has 0 saturated carbocycles. The highest BCUT2D eigenvalue weighted by Crippen LogP contribution is 2.34. The van der Waals surface area contributed by atoms with Gasteiger partial charge in [-0.2, -0.15) is 0 Å². The molecule has 0 saturated heterocycles. The van der Waals surface area contributed by atoms with Crippen LogP contribution in [-0.4, -0.2) is 26.6 Å². The Morgan fingerprint density at radius 2 is 2.12 bits per heavy atom. The molecule has 7 heteroatoms. The van der Waals surface area contributed by atoms with Crippen LogP contribution in [-0.2, 0) is 11.3 Å². The van der Waals surface area contributed by atoms with E-state index in [4.69, 9.17) is 0 Å². The Kier molecular flexibility index (Phi) is 5.11. The van der Waals surface area contributed by atoms with E-state index in [9.17, 15) is 4.79 Å². The summed E-state index contributed by atoms with van der Waals surface area (Å²) < 4.78 is 0. The van der Waals surface area contributed by atoms with E-state index in [1.54, 1.807) is 23.7 Å². The fourth-order valence-electron chi connectivity index (χ4n) is 2.31. The standard InChI is InChI=1S/C17H18N4OS2/c1-10-11(2)24-17-15(10)16(20-12(3)21-17)23-9-14(22)19-8-13-5-4-6-18-7-13/h4-7H,8-9H2,1-3H3,(H,19,22). The number of aryl methyl sites for hydroxylation is 3. The largest absolute Gasteiger partial charge is 0.351 e. The number of thiophene rings is 1. The van der Waals surface area contributed by atoms with Crippen molar-refractivity contribution in [1.29, 1.82) is 0 Å². The predicted octanol–water partition coefficient (Wildman–Crippen LogP) is 3.42. The molecule has 3 heterocycles. The van der Waals surface area contributed by atoms with Crippen LogP contribution < -0.4 is 5.32 Å². The number of nitrogens with zero attached hydrogens (tertiary/aromatic N) is 3. The van der Waals surface area contributed by atoms with Crippen LogP contribution in [0.5, 0.6) is 0 Å². The van der Waals surface area contributed by atoms with E-state index in [0.717, 1.165) is 26.6 Å². The topological polar surface area (TPSA) is 67.8 Å². The number of aromatic nitrogens is 3. The Morgan fingerprint density at radius 1 is 1.29 bits per heavy atom. The van der Waals surface area contributed by atoms with E-state index in [-0.39, 0.29) is 5.91 Å². The van der Waals surface area contributed by atoms with Crippen molar-refractivity contribution in [2.24, 2.45) is 0 Å². The van der Waals surface area contributed by atoms with Crippen LogP contribution in [0.4, 0.5) is 0 Å². The average Bonchev–Trinajstić information content (AvgIpc) is 2.86. The molecule has 124 valence electrons. The van der Waals surface area contributed by atoms with Crippen molar-refractivity contribution in [2.45, 2.75) is 32.3 Å². The molecule has 3 aromatic rings. The number of pyridine rings is 1. The van der Waals surface area contributed by atoms with Crippen LogP contribution in [0.2, 0.25) is 0 Å². The van der Waals surface area contributed by atoms with Gasteiger partial charge in [0.05, 0.1) is 5.75 Å². The lowest BCUT2D eigenvalue weighted by atomic mass is 10.2. The molecule has 0 spiro atoms. The quantitative estimate of drug-likeness (QED) is 0.559. The number of hydrogen-bond donors (Lipinski definition) is 1. The maximum absolute atomic E-state index is 12.1. The number of carbonyl (C=O) groups excluding carboxylic acids is 1. The fourth-order valence-corrected chi connectivity index (χ4v) is 4.41. The summed E-state index contributed by atoms with van der Waals surface area (Å²) in [5.41, 5.74) is 2.19. The van der Waals surface area contributed by atoms with Gasteiger partial charge in [-0.1, -0.05) is 17.8 Å². The van der Waals surface area contributed by atoms with Crippen molar-refractivity contribution in [3.05, 3.63) is 46.4 Å². The Bertz CT molecular complexity index is 877. The molecule has 0 aliphatic heterocycles. The molecule has 0 aromatic carbocycles. The van der Waals surface area contributed by atoms with Crippen LogP contribution >= 0.6 is 23.1 Å². The van der Waals surface area contributed by atoms with Gasteiger partial charge in [0, 0.05) is 29.2 Å². The van der Waals surface area contributed by atoms with Crippen molar-refractivity contribution in [1.82, 2.24) is 20.3 Å². The Hall–Kier alpha value is -1.99. The molecule has 3 aromatic heterocycles. The van der Waals surface area contributed by atoms with Gasteiger partial charge in [-0.15, -0.1) is 11.3 Å². The SMILES string of the molecule is Cc1nc(SCC(=O)NCc2cccnc2)c2c(C)c(C)sc2n1. The van der Waals surface area contributed by atoms with Gasteiger partial charge >= 0.3 is 0 Å². The van der Waals surface area contributed by atoms with Crippen molar-refractivity contribution in [3.63, 3.8) is 0 Å². The van der Waals surface area contributed by atoms with Gasteiger partial charge in [0.2, 0.25) is 5.91 Å². The highest BCUT2D eigenvalue weighted by molar-refractivity contribution is 8.00. The molecule has 0 fully saturated rings. The zero-order valence-electron chi connectivity index (χ0n) is 13.8. The van der Waals surface area contributed by atoms with Crippen LogP contribution in [0.1, 0.15) is 21.8 Å². The molecule has 1 amide bonds. The maximum Gasteiger partial charge on any atom is 0.230 e. The lowest BCUT2D eigenvalue weighted by molar-refractivity contribution is -0.118. The second-order valence-electron chi connectivity index (χ2n) is 5.47. The number of rotatable bonds is 5. The molecule has 1 N–H and O–H groups in total. The first kappa shape index (κ1) is 16.9. The van der Waals surface area contributed by atoms with Crippen molar-refractivity contribution in [2.75, 3.05) is 5.75 Å².